The number of hydrogen-bond donors (Lipinski definition) is 2. The van der Waals surface area contributed by atoms with Crippen LogP contribution >= 0.6 is 15.9 Å². The lowest BCUT2D eigenvalue weighted by Crippen LogP contribution is -2.22. The fraction of sp³-hybridized carbons (Fsp3) is 0.235. The Labute approximate surface area is 143 Å². The molecule has 3 rings (SSSR count). The van der Waals surface area contributed by atoms with Crippen LogP contribution in [0.5, 0.6) is 11.5 Å². The van der Waals surface area contributed by atoms with Gasteiger partial charge in [0.25, 0.3) is 0 Å². The molecule has 0 saturated carbocycles. The van der Waals surface area contributed by atoms with Crippen molar-refractivity contribution in [2.75, 3.05) is 18.5 Å². The molecule has 0 bridgehead atoms. The Hall–Kier alpha value is -2.21. The van der Waals surface area contributed by atoms with Crippen molar-refractivity contribution in [1.82, 2.24) is 0 Å². The summed E-state index contributed by atoms with van der Waals surface area (Å²) in [6.07, 6.45) is 0.883. The van der Waals surface area contributed by atoms with E-state index < -0.39 is 0 Å². The van der Waals surface area contributed by atoms with Gasteiger partial charge < -0.3 is 20.5 Å². The fourth-order valence-corrected chi connectivity index (χ4v) is 2.69. The first-order chi connectivity index (χ1) is 11.2. The van der Waals surface area contributed by atoms with Crippen LogP contribution in [-0.4, -0.2) is 19.2 Å². The molecule has 0 saturated heterocycles. The third-order valence-electron chi connectivity index (χ3n) is 3.34. The number of nitrogens with zero attached hydrogens (tertiary/aromatic N) is 1. The van der Waals surface area contributed by atoms with E-state index >= 15 is 0 Å². The third-order valence-corrected chi connectivity index (χ3v) is 3.83. The van der Waals surface area contributed by atoms with Crippen molar-refractivity contribution in [2.45, 2.75) is 13.0 Å². The van der Waals surface area contributed by atoms with E-state index in [1.807, 2.05) is 42.5 Å². The van der Waals surface area contributed by atoms with Crippen LogP contribution in [0.4, 0.5) is 5.69 Å². The molecule has 2 aromatic rings. The predicted molar refractivity (Wildman–Crippen MR) is 95.1 cm³/mol. The van der Waals surface area contributed by atoms with E-state index in [4.69, 9.17) is 15.2 Å². The topological polar surface area (TPSA) is 68.9 Å². The van der Waals surface area contributed by atoms with Crippen LogP contribution in [0, 0.1) is 0 Å². The fourth-order valence-electron chi connectivity index (χ4n) is 2.24. The number of guanidine groups is 1. The summed E-state index contributed by atoms with van der Waals surface area (Å²) in [5.41, 5.74) is 7.86. The second kappa shape index (κ2) is 7.37. The highest BCUT2D eigenvalue weighted by Gasteiger charge is 2.10. The maximum atomic E-state index is 5.95. The van der Waals surface area contributed by atoms with E-state index in [1.165, 1.54) is 0 Å². The molecule has 0 atom stereocenters. The van der Waals surface area contributed by atoms with E-state index in [0.29, 0.717) is 25.7 Å². The molecule has 0 spiro atoms. The summed E-state index contributed by atoms with van der Waals surface area (Å²) in [5.74, 6) is 1.85. The van der Waals surface area contributed by atoms with Crippen LogP contribution in [0.3, 0.4) is 0 Å². The molecular weight excluding hydrogens is 358 g/mol. The van der Waals surface area contributed by atoms with Crippen LogP contribution in [0.15, 0.2) is 51.9 Å². The van der Waals surface area contributed by atoms with Crippen LogP contribution in [0.2, 0.25) is 0 Å². The summed E-state index contributed by atoms with van der Waals surface area (Å²) in [6.45, 7) is 1.85. The SMILES string of the molecule is NC(=NCc1cccc(Br)c1)Nc1ccc2c(c1)OCCCO2. The van der Waals surface area contributed by atoms with E-state index in [9.17, 15) is 0 Å². The van der Waals surface area contributed by atoms with E-state index in [0.717, 1.165) is 33.6 Å². The number of benzene rings is 2. The zero-order chi connectivity index (χ0) is 16.1. The molecule has 3 N–H and O–H groups in total. The number of nitrogens with one attached hydrogen (secondary N) is 1. The maximum absolute atomic E-state index is 5.95. The Balaban J connectivity index is 1.66. The summed E-state index contributed by atoms with van der Waals surface area (Å²) >= 11 is 3.44. The average molecular weight is 376 g/mol. The Bertz CT molecular complexity index is 719. The molecular formula is C17H18BrN3O2. The Kier molecular flexibility index (Phi) is 5.02. The minimum atomic E-state index is 0.361. The summed E-state index contributed by atoms with van der Waals surface area (Å²) in [4.78, 5) is 4.35. The van der Waals surface area contributed by atoms with Gasteiger partial charge in [0.2, 0.25) is 0 Å². The quantitative estimate of drug-likeness (QED) is 0.635. The summed E-state index contributed by atoms with van der Waals surface area (Å²) in [7, 11) is 0. The first-order valence-electron chi connectivity index (χ1n) is 7.42. The van der Waals surface area contributed by atoms with Crippen molar-refractivity contribution < 1.29 is 9.47 Å². The van der Waals surface area contributed by atoms with Gasteiger partial charge in [-0.25, -0.2) is 4.99 Å². The summed E-state index contributed by atoms with van der Waals surface area (Å²) < 4.78 is 12.3. The first kappa shape index (κ1) is 15.7. The van der Waals surface area contributed by atoms with Crippen LogP contribution in [-0.2, 0) is 6.54 Å². The Morgan fingerprint density at radius 1 is 1.13 bits per heavy atom. The van der Waals surface area contributed by atoms with Crippen molar-refractivity contribution in [1.29, 1.82) is 0 Å². The third kappa shape index (κ3) is 4.39. The standard InChI is InChI=1S/C17H18BrN3O2/c18-13-4-1-3-12(9-13)11-20-17(19)21-14-5-6-15-16(10-14)23-8-2-7-22-15/h1,3-6,9-10H,2,7-8,11H2,(H3,19,20,21). The lowest BCUT2D eigenvalue weighted by molar-refractivity contribution is 0.297. The predicted octanol–water partition coefficient (Wildman–Crippen LogP) is 3.54. The van der Waals surface area contributed by atoms with Crippen molar-refractivity contribution in [3.05, 3.63) is 52.5 Å². The van der Waals surface area contributed by atoms with Gasteiger partial charge in [-0.05, 0) is 29.8 Å². The zero-order valence-corrected chi connectivity index (χ0v) is 14.2. The van der Waals surface area contributed by atoms with E-state index in [1.54, 1.807) is 0 Å². The van der Waals surface area contributed by atoms with Gasteiger partial charge >= 0.3 is 0 Å². The van der Waals surface area contributed by atoms with Gasteiger partial charge in [-0.1, -0.05) is 28.1 Å². The Morgan fingerprint density at radius 2 is 1.96 bits per heavy atom. The molecule has 0 fully saturated rings. The van der Waals surface area contributed by atoms with E-state index in [-0.39, 0.29) is 0 Å². The molecule has 0 radical (unpaired) electrons. The lowest BCUT2D eigenvalue weighted by Gasteiger charge is -2.10. The molecule has 1 aliphatic rings. The number of nitrogens with two attached hydrogens (primary N) is 1. The smallest absolute Gasteiger partial charge is 0.193 e. The molecule has 1 aliphatic heterocycles. The number of anilines is 1. The number of fused-ring (bicyclic) bond motifs is 1. The Morgan fingerprint density at radius 3 is 2.78 bits per heavy atom. The van der Waals surface area contributed by atoms with Crippen molar-refractivity contribution >= 4 is 27.6 Å². The molecule has 2 aromatic carbocycles. The summed E-state index contributed by atoms with van der Waals surface area (Å²) in [6, 6.07) is 13.6. The van der Waals surface area contributed by atoms with Gasteiger partial charge in [0.1, 0.15) is 0 Å². The minimum absolute atomic E-state index is 0.361. The second-order valence-corrected chi connectivity index (χ2v) is 6.08. The van der Waals surface area contributed by atoms with Gasteiger partial charge in [0.15, 0.2) is 17.5 Å². The van der Waals surface area contributed by atoms with Gasteiger partial charge in [0, 0.05) is 22.6 Å². The van der Waals surface area contributed by atoms with Gasteiger partial charge in [-0.15, -0.1) is 0 Å². The largest absolute Gasteiger partial charge is 0.490 e. The van der Waals surface area contributed by atoms with Crippen LogP contribution in [0.25, 0.3) is 0 Å². The molecule has 120 valence electrons. The number of ether oxygens (including phenoxy) is 2. The van der Waals surface area contributed by atoms with Crippen LogP contribution < -0.4 is 20.5 Å². The van der Waals surface area contributed by atoms with Crippen molar-refractivity contribution in [3.8, 4) is 11.5 Å². The molecule has 0 aliphatic carbocycles. The molecule has 6 heteroatoms. The number of aliphatic imine (C=N–C) groups is 1. The maximum Gasteiger partial charge on any atom is 0.193 e. The highest BCUT2D eigenvalue weighted by atomic mass is 79.9. The number of halogens is 1. The molecule has 1 heterocycles. The minimum Gasteiger partial charge on any atom is -0.490 e. The summed E-state index contributed by atoms with van der Waals surface area (Å²) in [5, 5.41) is 3.08. The number of rotatable bonds is 3. The molecule has 0 amide bonds. The monoisotopic (exact) mass is 375 g/mol. The molecule has 0 aromatic heterocycles. The van der Waals surface area contributed by atoms with Crippen molar-refractivity contribution in [3.63, 3.8) is 0 Å². The second-order valence-electron chi connectivity index (χ2n) is 5.17. The lowest BCUT2D eigenvalue weighted by atomic mass is 10.2. The van der Waals surface area contributed by atoms with Crippen molar-refractivity contribution in [2.24, 2.45) is 10.7 Å². The highest BCUT2D eigenvalue weighted by molar-refractivity contribution is 9.10. The van der Waals surface area contributed by atoms with Gasteiger partial charge in [-0.3, -0.25) is 0 Å². The highest BCUT2D eigenvalue weighted by Crippen LogP contribution is 2.32. The molecule has 23 heavy (non-hydrogen) atoms. The molecule has 5 nitrogen and oxygen atoms in total. The molecule has 0 unspecified atom stereocenters. The van der Waals surface area contributed by atoms with E-state index in [2.05, 4.69) is 26.2 Å². The number of hydrogen-bond acceptors (Lipinski definition) is 3. The van der Waals surface area contributed by atoms with Gasteiger partial charge in [0.05, 0.1) is 19.8 Å². The normalized spacial score (nSPS) is 14.2. The zero-order valence-electron chi connectivity index (χ0n) is 12.6. The average Bonchev–Trinajstić information content (AvgIpc) is 2.78. The van der Waals surface area contributed by atoms with Gasteiger partial charge in [-0.2, -0.15) is 0 Å². The first-order valence-corrected chi connectivity index (χ1v) is 8.21. The van der Waals surface area contributed by atoms with Crippen LogP contribution in [0.1, 0.15) is 12.0 Å².